The van der Waals surface area contributed by atoms with Gasteiger partial charge in [-0.15, -0.1) is 0 Å². The number of carbonyl (C=O) groups excluding carboxylic acids is 5. The highest BCUT2D eigenvalue weighted by molar-refractivity contribution is 5.99. The van der Waals surface area contributed by atoms with Crippen LogP contribution in [0.4, 0.5) is 10.5 Å². The van der Waals surface area contributed by atoms with Crippen molar-refractivity contribution in [2.24, 2.45) is 5.92 Å². The zero-order valence-electron chi connectivity index (χ0n) is 27.7. The van der Waals surface area contributed by atoms with Gasteiger partial charge in [0, 0.05) is 24.2 Å². The minimum atomic E-state index is -1.16. The summed E-state index contributed by atoms with van der Waals surface area (Å²) in [4.78, 5) is 64.8. The molecular formula is C37H44N4O7. The van der Waals surface area contributed by atoms with Crippen molar-refractivity contribution in [2.45, 2.75) is 77.3 Å². The molecule has 11 nitrogen and oxygen atoms in total. The van der Waals surface area contributed by atoms with Crippen molar-refractivity contribution in [2.75, 3.05) is 11.4 Å². The molecule has 1 fully saturated rings. The van der Waals surface area contributed by atoms with Crippen LogP contribution >= 0.6 is 0 Å². The standard InChI is InChI=1S/C37H44N4O7/c1-23(2)34(38-25(4)43)36(46)39-29(18-26-12-7-5-8-13-26)21-32(44)31(19-27-14-9-6-10-15-27)40-35(45)33-22-41(37(47)48-33)30-17-11-16-28(20-30)24(3)42/h5-17,20,23,29,31-34,44H,18-19,21-22H2,1-4H3,(H,38,43)(H,39,46)(H,40,45)/t29-,31-,32-,33-,34-/m0/s1. The first-order valence-electron chi connectivity index (χ1n) is 16.1. The number of rotatable bonds is 15. The summed E-state index contributed by atoms with van der Waals surface area (Å²) in [6.45, 7) is 6.38. The van der Waals surface area contributed by atoms with Gasteiger partial charge < -0.3 is 25.8 Å². The number of aliphatic hydroxyl groups is 1. The second-order valence-electron chi connectivity index (χ2n) is 12.5. The Kier molecular flexibility index (Phi) is 12.5. The maximum absolute atomic E-state index is 13.6. The fourth-order valence-electron chi connectivity index (χ4n) is 5.72. The van der Waals surface area contributed by atoms with Crippen molar-refractivity contribution >= 4 is 35.3 Å². The molecular weight excluding hydrogens is 612 g/mol. The number of aliphatic hydroxyl groups excluding tert-OH is 1. The van der Waals surface area contributed by atoms with Gasteiger partial charge in [-0.1, -0.05) is 86.6 Å². The Bertz CT molecular complexity index is 1580. The number of cyclic esters (lactones) is 1. The van der Waals surface area contributed by atoms with Crippen LogP contribution in [-0.4, -0.2) is 71.6 Å². The molecule has 48 heavy (non-hydrogen) atoms. The number of ether oxygens (including phenoxy) is 1. The molecule has 1 aliphatic heterocycles. The molecule has 0 aliphatic carbocycles. The van der Waals surface area contributed by atoms with E-state index >= 15 is 0 Å². The van der Waals surface area contributed by atoms with Gasteiger partial charge in [-0.05, 0) is 55.4 Å². The van der Waals surface area contributed by atoms with Gasteiger partial charge in [-0.25, -0.2) is 4.79 Å². The average molecular weight is 657 g/mol. The van der Waals surface area contributed by atoms with E-state index in [1.807, 2.05) is 74.5 Å². The Morgan fingerprint density at radius 3 is 2.06 bits per heavy atom. The molecule has 1 saturated heterocycles. The highest BCUT2D eigenvalue weighted by Gasteiger charge is 2.39. The van der Waals surface area contributed by atoms with Crippen LogP contribution in [0.5, 0.6) is 0 Å². The molecule has 0 spiro atoms. The van der Waals surface area contributed by atoms with Crippen LogP contribution in [0.3, 0.4) is 0 Å². The number of amides is 4. The lowest BCUT2D eigenvalue weighted by atomic mass is 9.92. The normalized spacial score (nSPS) is 16.8. The van der Waals surface area contributed by atoms with E-state index in [4.69, 9.17) is 4.74 Å². The van der Waals surface area contributed by atoms with Crippen LogP contribution in [0.25, 0.3) is 0 Å². The predicted octanol–water partition coefficient (Wildman–Crippen LogP) is 3.58. The van der Waals surface area contributed by atoms with Crippen LogP contribution in [0.2, 0.25) is 0 Å². The number of benzene rings is 3. The molecule has 11 heteroatoms. The number of nitrogens with zero attached hydrogens (tertiary/aromatic N) is 1. The summed E-state index contributed by atoms with van der Waals surface area (Å²) in [5.41, 5.74) is 2.66. The maximum atomic E-state index is 13.6. The monoisotopic (exact) mass is 656 g/mol. The fourth-order valence-corrected chi connectivity index (χ4v) is 5.72. The van der Waals surface area contributed by atoms with Crippen molar-refractivity contribution in [1.82, 2.24) is 16.0 Å². The number of anilines is 1. The van der Waals surface area contributed by atoms with Gasteiger partial charge in [0.1, 0.15) is 6.04 Å². The molecule has 3 aromatic carbocycles. The topological polar surface area (TPSA) is 154 Å². The zero-order chi connectivity index (χ0) is 34.8. The number of ketones is 1. The Morgan fingerprint density at radius 2 is 1.48 bits per heavy atom. The molecule has 0 unspecified atom stereocenters. The summed E-state index contributed by atoms with van der Waals surface area (Å²) in [5, 5.41) is 20.3. The summed E-state index contributed by atoms with van der Waals surface area (Å²) in [6.07, 6.45) is -2.26. The number of Topliss-reactive ketones (excluding diaryl/α,β-unsaturated/α-hetero) is 1. The van der Waals surface area contributed by atoms with Gasteiger partial charge in [-0.3, -0.25) is 24.1 Å². The van der Waals surface area contributed by atoms with E-state index in [9.17, 15) is 29.1 Å². The molecule has 5 atom stereocenters. The van der Waals surface area contributed by atoms with Gasteiger partial charge in [0.15, 0.2) is 11.9 Å². The molecule has 3 aromatic rings. The molecule has 254 valence electrons. The van der Waals surface area contributed by atoms with Crippen LogP contribution in [0.1, 0.15) is 55.6 Å². The van der Waals surface area contributed by atoms with E-state index < -0.39 is 42.3 Å². The van der Waals surface area contributed by atoms with E-state index in [0.717, 1.165) is 11.1 Å². The number of hydrogen-bond donors (Lipinski definition) is 4. The molecule has 4 rings (SSSR count). The first-order chi connectivity index (χ1) is 22.9. The second-order valence-corrected chi connectivity index (χ2v) is 12.5. The molecule has 4 N–H and O–H groups in total. The minimum absolute atomic E-state index is 0.0768. The van der Waals surface area contributed by atoms with Gasteiger partial charge in [-0.2, -0.15) is 0 Å². The molecule has 4 amide bonds. The molecule has 0 radical (unpaired) electrons. The third-order valence-electron chi connectivity index (χ3n) is 8.26. The SMILES string of the molecule is CC(=O)N[C@H](C(=O)N[C@@H](Cc1ccccc1)C[C@H](O)[C@H](Cc1ccccc1)NC(=O)[C@@H]1CN(c2cccc(C(C)=O)c2)C(=O)O1)C(C)C. The van der Waals surface area contributed by atoms with E-state index in [-0.39, 0.29) is 42.9 Å². The van der Waals surface area contributed by atoms with Crippen LogP contribution in [-0.2, 0) is 32.0 Å². The summed E-state index contributed by atoms with van der Waals surface area (Å²) in [6, 6.07) is 23.3. The highest BCUT2D eigenvalue weighted by Crippen LogP contribution is 2.24. The summed E-state index contributed by atoms with van der Waals surface area (Å²) >= 11 is 0. The fraction of sp³-hybridized carbons (Fsp3) is 0.378. The zero-order valence-corrected chi connectivity index (χ0v) is 27.7. The van der Waals surface area contributed by atoms with E-state index in [0.29, 0.717) is 17.7 Å². The van der Waals surface area contributed by atoms with Crippen LogP contribution < -0.4 is 20.9 Å². The van der Waals surface area contributed by atoms with E-state index in [1.165, 1.54) is 18.7 Å². The van der Waals surface area contributed by atoms with Gasteiger partial charge in [0.2, 0.25) is 11.8 Å². The summed E-state index contributed by atoms with van der Waals surface area (Å²) in [7, 11) is 0. The minimum Gasteiger partial charge on any atom is -0.434 e. The van der Waals surface area contributed by atoms with Gasteiger partial charge in [0.05, 0.1) is 18.7 Å². The number of nitrogens with one attached hydrogen (secondary N) is 3. The Morgan fingerprint density at radius 1 is 0.854 bits per heavy atom. The predicted molar refractivity (Wildman–Crippen MR) is 181 cm³/mol. The van der Waals surface area contributed by atoms with E-state index in [1.54, 1.807) is 24.3 Å². The van der Waals surface area contributed by atoms with Crippen LogP contribution in [0, 0.1) is 5.92 Å². The lowest BCUT2D eigenvalue weighted by molar-refractivity contribution is -0.130. The lowest BCUT2D eigenvalue weighted by Crippen LogP contribution is -2.54. The van der Waals surface area contributed by atoms with E-state index in [2.05, 4.69) is 16.0 Å². The van der Waals surface area contributed by atoms with Crippen molar-refractivity contribution in [3.05, 3.63) is 102 Å². The summed E-state index contributed by atoms with van der Waals surface area (Å²) in [5.74, 6) is -1.62. The van der Waals surface area contributed by atoms with Crippen molar-refractivity contribution in [3.63, 3.8) is 0 Å². The molecule has 0 bridgehead atoms. The molecule has 1 heterocycles. The van der Waals surface area contributed by atoms with Crippen molar-refractivity contribution in [3.8, 4) is 0 Å². The van der Waals surface area contributed by atoms with Crippen molar-refractivity contribution < 1.29 is 33.8 Å². The van der Waals surface area contributed by atoms with Gasteiger partial charge in [0.25, 0.3) is 5.91 Å². The lowest BCUT2D eigenvalue weighted by Gasteiger charge is -2.30. The maximum Gasteiger partial charge on any atom is 0.415 e. The van der Waals surface area contributed by atoms with Crippen molar-refractivity contribution in [1.29, 1.82) is 0 Å². The average Bonchev–Trinajstić information content (AvgIpc) is 3.45. The third-order valence-corrected chi connectivity index (χ3v) is 8.26. The Balaban J connectivity index is 1.53. The third kappa shape index (κ3) is 9.98. The first kappa shape index (κ1) is 35.8. The Labute approximate surface area is 281 Å². The molecule has 0 saturated carbocycles. The van der Waals surface area contributed by atoms with Gasteiger partial charge >= 0.3 is 6.09 Å². The quantitative estimate of drug-likeness (QED) is 0.182. The highest BCUT2D eigenvalue weighted by atomic mass is 16.6. The molecule has 1 aliphatic rings. The Hall–Kier alpha value is -5.03. The largest absolute Gasteiger partial charge is 0.434 e. The number of hydrogen-bond acceptors (Lipinski definition) is 7. The van der Waals surface area contributed by atoms with Crippen LogP contribution in [0.15, 0.2) is 84.9 Å². The second kappa shape index (κ2) is 16.7. The summed E-state index contributed by atoms with van der Waals surface area (Å²) < 4.78 is 5.43. The number of carbonyl (C=O) groups is 5. The smallest absolute Gasteiger partial charge is 0.415 e. The first-order valence-corrected chi connectivity index (χ1v) is 16.1. The molecule has 0 aromatic heterocycles.